The molecule has 0 radical (unpaired) electrons. The highest BCUT2D eigenvalue weighted by Crippen LogP contribution is 2.19. The molecule has 0 aliphatic heterocycles. The third-order valence-electron chi connectivity index (χ3n) is 3.98. The normalized spacial score (nSPS) is 10.7. The van der Waals surface area contributed by atoms with E-state index in [2.05, 4.69) is 22.7 Å². The molecule has 136 valence electrons. The van der Waals surface area contributed by atoms with Crippen molar-refractivity contribution < 1.29 is 14.6 Å². The van der Waals surface area contributed by atoms with Crippen molar-refractivity contribution in [2.45, 2.75) is 13.5 Å². The van der Waals surface area contributed by atoms with E-state index in [1.807, 2.05) is 43.3 Å². The number of carbonyl (C=O) groups is 1. The van der Waals surface area contributed by atoms with Gasteiger partial charge >= 0.3 is 5.97 Å². The van der Waals surface area contributed by atoms with E-state index in [4.69, 9.17) is 4.74 Å². The first-order valence-electron chi connectivity index (χ1n) is 8.52. The molecule has 0 saturated heterocycles. The Kier molecular flexibility index (Phi) is 5.84. The van der Waals surface area contributed by atoms with Crippen molar-refractivity contribution in [3.8, 4) is 5.75 Å². The third kappa shape index (κ3) is 4.95. The Labute approximate surface area is 157 Å². The van der Waals surface area contributed by atoms with E-state index in [0.29, 0.717) is 18.0 Å². The molecular weight excluding hydrogens is 340 g/mol. The first-order valence-corrected chi connectivity index (χ1v) is 8.52. The number of anilines is 1. The Morgan fingerprint density at radius 2 is 1.74 bits per heavy atom. The molecule has 2 N–H and O–H groups in total. The van der Waals surface area contributed by atoms with Gasteiger partial charge < -0.3 is 9.84 Å². The number of hydrogen-bond donors (Lipinski definition) is 2. The Morgan fingerprint density at radius 3 is 2.52 bits per heavy atom. The third-order valence-corrected chi connectivity index (χ3v) is 3.98. The Bertz CT molecular complexity index is 950. The van der Waals surface area contributed by atoms with Crippen molar-refractivity contribution in [3.05, 3.63) is 95.1 Å². The molecular formula is C22H20N2O3. The zero-order valence-corrected chi connectivity index (χ0v) is 14.9. The van der Waals surface area contributed by atoms with Gasteiger partial charge in [-0.3, -0.25) is 5.43 Å². The first kappa shape index (κ1) is 18.2. The van der Waals surface area contributed by atoms with Crippen LogP contribution in [0.4, 0.5) is 5.69 Å². The zero-order valence-electron chi connectivity index (χ0n) is 14.9. The number of nitrogens with one attached hydrogen (secondary N) is 1. The van der Waals surface area contributed by atoms with Crippen LogP contribution in [0.3, 0.4) is 0 Å². The fourth-order valence-electron chi connectivity index (χ4n) is 2.50. The summed E-state index contributed by atoms with van der Waals surface area (Å²) in [6.45, 7) is 2.51. The van der Waals surface area contributed by atoms with Crippen LogP contribution < -0.4 is 10.2 Å². The Hall–Kier alpha value is -3.60. The molecule has 3 aromatic carbocycles. The molecule has 0 spiro atoms. The summed E-state index contributed by atoms with van der Waals surface area (Å²) in [7, 11) is 0. The lowest BCUT2D eigenvalue weighted by molar-refractivity contribution is 0.0698. The van der Waals surface area contributed by atoms with Gasteiger partial charge in [0.15, 0.2) is 0 Å². The van der Waals surface area contributed by atoms with Crippen LogP contribution in [0.5, 0.6) is 5.75 Å². The van der Waals surface area contributed by atoms with Gasteiger partial charge in [-0.05, 0) is 36.8 Å². The average Bonchev–Trinajstić information content (AvgIpc) is 2.69. The van der Waals surface area contributed by atoms with Gasteiger partial charge in [-0.15, -0.1) is 0 Å². The Morgan fingerprint density at radius 1 is 1.04 bits per heavy atom. The maximum Gasteiger partial charge on any atom is 0.337 e. The van der Waals surface area contributed by atoms with Crippen molar-refractivity contribution in [1.82, 2.24) is 0 Å². The van der Waals surface area contributed by atoms with E-state index in [1.54, 1.807) is 24.4 Å². The minimum atomic E-state index is -1.00. The number of carboxylic acids is 1. The summed E-state index contributed by atoms with van der Waals surface area (Å²) in [6, 6.07) is 22.4. The van der Waals surface area contributed by atoms with Gasteiger partial charge in [-0.1, -0.05) is 54.1 Å². The maximum absolute atomic E-state index is 11.2. The number of rotatable bonds is 7. The molecule has 3 aromatic rings. The van der Waals surface area contributed by atoms with Crippen LogP contribution in [0, 0.1) is 6.92 Å². The molecule has 0 aliphatic rings. The quantitative estimate of drug-likeness (QED) is 0.472. The lowest BCUT2D eigenvalue weighted by Crippen LogP contribution is -2.02. The Balaban J connectivity index is 1.69. The summed E-state index contributed by atoms with van der Waals surface area (Å²) >= 11 is 0. The van der Waals surface area contributed by atoms with Crippen molar-refractivity contribution in [2.75, 3.05) is 5.43 Å². The van der Waals surface area contributed by atoms with Crippen LogP contribution in [0.2, 0.25) is 0 Å². The number of nitrogens with zero attached hydrogens (tertiary/aromatic N) is 1. The molecule has 0 aliphatic carbocycles. The fraction of sp³-hybridized carbons (Fsp3) is 0.0909. The van der Waals surface area contributed by atoms with Crippen LogP contribution in [-0.4, -0.2) is 17.3 Å². The van der Waals surface area contributed by atoms with E-state index < -0.39 is 5.97 Å². The predicted octanol–water partition coefficient (Wildman–Crippen LogP) is 4.72. The topological polar surface area (TPSA) is 70.9 Å². The number of ether oxygens (including phenoxy) is 1. The number of hydrazone groups is 1. The highest BCUT2D eigenvalue weighted by Gasteiger charge is 2.08. The summed E-state index contributed by atoms with van der Waals surface area (Å²) in [6.07, 6.45) is 1.61. The van der Waals surface area contributed by atoms with Crippen molar-refractivity contribution >= 4 is 17.9 Å². The van der Waals surface area contributed by atoms with E-state index in [9.17, 15) is 9.90 Å². The number of aryl methyl sites for hydroxylation is 1. The van der Waals surface area contributed by atoms with Crippen LogP contribution in [-0.2, 0) is 6.61 Å². The second kappa shape index (κ2) is 8.67. The standard InChI is InChI=1S/C22H20N2O3/c1-16-10-12-17(13-11-16)15-27-21-9-5-2-6-18(21)14-23-24-20-8-4-3-7-19(20)22(25)26/h2-14,24H,15H2,1H3,(H,25,26)/b23-14+. The van der Waals surface area contributed by atoms with Gasteiger partial charge in [0.05, 0.1) is 17.5 Å². The molecule has 0 atom stereocenters. The molecule has 27 heavy (non-hydrogen) atoms. The van der Waals surface area contributed by atoms with Crippen LogP contribution >= 0.6 is 0 Å². The van der Waals surface area contributed by atoms with Gasteiger partial charge in [-0.25, -0.2) is 4.79 Å². The largest absolute Gasteiger partial charge is 0.488 e. The lowest BCUT2D eigenvalue weighted by atomic mass is 10.1. The van der Waals surface area contributed by atoms with E-state index in [-0.39, 0.29) is 5.56 Å². The molecule has 0 saturated carbocycles. The highest BCUT2D eigenvalue weighted by molar-refractivity contribution is 5.94. The minimum Gasteiger partial charge on any atom is -0.488 e. The molecule has 0 unspecified atom stereocenters. The number of hydrogen-bond acceptors (Lipinski definition) is 4. The smallest absolute Gasteiger partial charge is 0.337 e. The number of para-hydroxylation sites is 2. The molecule has 0 bridgehead atoms. The molecule has 0 fully saturated rings. The summed E-state index contributed by atoms with van der Waals surface area (Å²) in [5.74, 6) is -0.301. The summed E-state index contributed by atoms with van der Waals surface area (Å²) in [5.41, 5.74) is 6.47. The molecule has 5 nitrogen and oxygen atoms in total. The van der Waals surface area contributed by atoms with Crippen molar-refractivity contribution in [3.63, 3.8) is 0 Å². The second-order valence-electron chi connectivity index (χ2n) is 6.03. The van der Waals surface area contributed by atoms with Crippen LogP contribution in [0.15, 0.2) is 77.9 Å². The van der Waals surface area contributed by atoms with E-state index >= 15 is 0 Å². The zero-order chi connectivity index (χ0) is 19.1. The van der Waals surface area contributed by atoms with Gasteiger partial charge in [0, 0.05) is 5.56 Å². The highest BCUT2D eigenvalue weighted by atomic mass is 16.5. The van der Waals surface area contributed by atoms with Gasteiger partial charge in [0.25, 0.3) is 0 Å². The summed E-state index contributed by atoms with van der Waals surface area (Å²) in [4.78, 5) is 11.2. The van der Waals surface area contributed by atoms with E-state index in [1.165, 1.54) is 11.6 Å². The molecule has 3 rings (SSSR count). The van der Waals surface area contributed by atoms with Gasteiger partial charge in [-0.2, -0.15) is 5.10 Å². The monoisotopic (exact) mass is 360 g/mol. The maximum atomic E-state index is 11.2. The molecule has 0 amide bonds. The van der Waals surface area contributed by atoms with E-state index in [0.717, 1.165) is 11.1 Å². The molecule has 0 aromatic heterocycles. The minimum absolute atomic E-state index is 0.165. The second-order valence-corrected chi connectivity index (χ2v) is 6.03. The summed E-state index contributed by atoms with van der Waals surface area (Å²) in [5, 5.41) is 13.4. The SMILES string of the molecule is Cc1ccc(COc2ccccc2/C=N/Nc2ccccc2C(=O)O)cc1. The molecule has 5 heteroatoms. The molecule has 0 heterocycles. The van der Waals surface area contributed by atoms with Crippen molar-refractivity contribution in [2.24, 2.45) is 5.10 Å². The van der Waals surface area contributed by atoms with Crippen LogP contribution in [0.25, 0.3) is 0 Å². The number of carboxylic acid groups (broad SMARTS) is 1. The predicted molar refractivity (Wildman–Crippen MR) is 107 cm³/mol. The van der Waals surface area contributed by atoms with Gasteiger partial charge in [0.1, 0.15) is 12.4 Å². The average molecular weight is 360 g/mol. The van der Waals surface area contributed by atoms with Gasteiger partial charge in [0.2, 0.25) is 0 Å². The number of benzene rings is 3. The van der Waals surface area contributed by atoms with Crippen LogP contribution in [0.1, 0.15) is 27.0 Å². The van der Waals surface area contributed by atoms with Crippen molar-refractivity contribution in [1.29, 1.82) is 0 Å². The summed E-state index contributed by atoms with van der Waals surface area (Å²) < 4.78 is 5.91. The number of aromatic carboxylic acids is 1. The first-order chi connectivity index (χ1) is 13.1. The lowest BCUT2D eigenvalue weighted by Gasteiger charge is -2.09. The fourth-order valence-corrected chi connectivity index (χ4v) is 2.50.